The van der Waals surface area contributed by atoms with E-state index >= 15 is 0 Å². The summed E-state index contributed by atoms with van der Waals surface area (Å²) in [6, 6.07) is 13.4. The number of methoxy groups -OCH3 is 1. The summed E-state index contributed by atoms with van der Waals surface area (Å²) in [4.78, 5) is 0.393. The van der Waals surface area contributed by atoms with Crippen molar-refractivity contribution in [3.8, 4) is 5.75 Å². The molecule has 144 valence electrons. The molecule has 1 aliphatic heterocycles. The van der Waals surface area contributed by atoms with Crippen LogP contribution < -0.4 is 4.74 Å². The molecule has 2 bridgehead atoms. The summed E-state index contributed by atoms with van der Waals surface area (Å²) in [5.74, 6) is 1.11. The molecular formula is C22H27NO3S. The number of hydrogen-bond acceptors (Lipinski definition) is 3. The van der Waals surface area contributed by atoms with Crippen LogP contribution in [0.1, 0.15) is 37.0 Å². The smallest absolute Gasteiger partial charge is 0.243 e. The molecule has 0 amide bonds. The van der Waals surface area contributed by atoms with Gasteiger partial charge in [-0.2, -0.15) is 4.31 Å². The third-order valence-corrected chi connectivity index (χ3v) is 8.73. The number of fused-ring (bicyclic) bond motifs is 4. The van der Waals surface area contributed by atoms with Gasteiger partial charge in [0.2, 0.25) is 10.0 Å². The van der Waals surface area contributed by atoms with E-state index in [1.54, 1.807) is 23.5 Å². The van der Waals surface area contributed by atoms with Crippen LogP contribution in [0.25, 0.3) is 0 Å². The fourth-order valence-corrected chi connectivity index (χ4v) is 6.53. The van der Waals surface area contributed by atoms with Gasteiger partial charge in [0.25, 0.3) is 0 Å². The zero-order chi connectivity index (χ0) is 19.4. The first-order valence-corrected chi connectivity index (χ1v) is 11.0. The van der Waals surface area contributed by atoms with E-state index in [4.69, 9.17) is 4.74 Å². The van der Waals surface area contributed by atoms with Gasteiger partial charge in [0.1, 0.15) is 5.75 Å². The standard InChI is InChI=1S/C22H27NO3S/c1-15-5-9-19(10-6-15)27(24,25)23-12-11-22(3)16(2)21(23)13-17-7-8-18(26-4)14-20(17)22/h5-10,14,16,21H,11-13H2,1-4H3/t16-,21+,22+/m0/s1. The third-order valence-electron chi connectivity index (χ3n) is 6.79. The average molecular weight is 386 g/mol. The van der Waals surface area contributed by atoms with E-state index in [9.17, 15) is 8.42 Å². The molecule has 1 fully saturated rings. The van der Waals surface area contributed by atoms with Gasteiger partial charge >= 0.3 is 0 Å². The molecule has 2 aromatic carbocycles. The number of sulfonamides is 1. The molecule has 3 atom stereocenters. The molecule has 2 aliphatic rings. The summed E-state index contributed by atoms with van der Waals surface area (Å²) in [7, 11) is -1.81. The molecule has 0 unspecified atom stereocenters. The number of piperidine rings is 1. The lowest BCUT2D eigenvalue weighted by atomic mass is 9.59. The SMILES string of the molecule is COc1ccc2c(c1)[C@]1(C)CCN(S(=O)(=O)c3ccc(C)cc3)[C@H](C2)[C@@H]1C. The number of aryl methyl sites for hydroxylation is 1. The van der Waals surface area contributed by atoms with Crippen molar-refractivity contribution < 1.29 is 13.2 Å². The Kier molecular flexibility index (Phi) is 4.35. The van der Waals surface area contributed by atoms with E-state index in [0.717, 1.165) is 24.2 Å². The Morgan fingerprint density at radius 2 is 1.85 bits per heavy atom. The summed E-state index contributed by atoms with van der Waals surface area (Å²) >= 11 is 0. The Morgan fingerprint density at radius 1 is 1.15 bits per heavy atom. The van der Waals surface area contributed by atoms with Gasteiger partial charge in [-0.25, -0.2) is 8.42 Å². The van der Waals surface area contributed by atoms with E-state index in [1.807, 2.05) is 25.1 Å². The molecule has 1 saturated heterocycles. The maximum absolute atomic E-state index is 13.4. The van der Waals surface area contributed by atoms with Gasteiger partial charge in [-0.15, -0.1) is 0 Å². The second-order valence-corrected chi connectivity index (χ2v) is 10.1. The van der Waals surface area contributed by atoms with Gasteiger partial charge < -0.3 is 4.74 Å². The Hall–Kier alpha value is -1.85. The molecule has 2 aromatic rings. The second kappa shape index (κ2) is 6.35. The molecule has 0 saturated carbocycles. The van der Waals surface area contributed by atoms with Crippen molar-refractivity contribution in [1.82, 2.24) is 4.31 Å². The van der Waals surface area contributed by atoms with Gasteiger partial charge in [0.15, 0.2) is 0 Å². The predicted octanol–water partition coefficient (Wildman–Crippen LogP) is 3.92. The third kappa shape index (κ3) is 2.79. The minimum Gasteiger partial charge on any atom is -0.497 e. The summed E-state index contributed by atoms with van der Waals surface area (Å²) < 4.78 is 33.9. The van der Waals surface area contributed by atoms with Crippen LogP contribution in [0.4, 0.5) is 0 Å². The van der Waals surface area contributed by atoms with E-state index in [1.165, 1.54) is 11.1 Å². The number of ether oxygens (including phenoxy) is 1. The van der Waals surface area contributed by atoms with E-state index in [0.29, 0.717) is 11.4 Å². The van der Waals surface area contributed by atoms with Crippen molar-refractivity contribution in [2.45, 2.75) is 50.0 Å². The lowest BCUT2D eigenvalue weighted by Gasteiger charge is -2.53. The summed E-state index contributed by atoms with van der Waals surface area (Å²) in [6.07, 6.45) is 1.57. The fraction of sp³-hybridized carbons (Fsp3) is 0.455. The van der Waals surface area contributed by atoms with E-state index in [2.05, 4.69) is 26.0 Å². The van der Waals surface area contributed by atoms with Crippen LogP contribution in [0, 0.1) is 12.8 Å². The van der Waals surface area contributed by atoms with Crippen LogP contribution in [-0.2, 0) is 21.9 Å². The van der Waals surface area contributed by atoms with Crippen molar-refractivity contribution in [3.05, 3.63) is 59.2 Å². The Balaban J connectivity index is 1.76. The first-order chi connectivity index (χ1) is 12.8. The van der Waals surface area contributed by atoms with Gasteiger partial charge in [0.05, 0.1) is 12.0 Å². The largest absolute Gasteiger partial charge is 0.497 e. The van der Waals surface area contributed by atoms with E-state index < -0.39 is 10.0 Å². The van der Waals surface area contributed by atoms with Crippen LogP contribution in [0.5, 0.6) is 5.75 Å². The highest BCUT2D eigenvalue weighted by molar-refractivity contribution is 7.89. The molecule has 0 spiro atoms. The Labute approximate surface area is 162 Å². The molecule has 0 radical (unpaired) electrons. The number of hydrogen-bond donors (Lipinski definition) is 0. The molecule has 5 heteroatoms. The fourth-order valence-electron chi connectivity index (χ4n) is 4.83. The highest BCUT2D eigenvalue weighted by Gasteiger charge is 2.51. The van der Waals surface area contributed by atoms with Gasteiger partial charge in [-0.3, -0.25) is 0 Å². The van der Waals surface area contributed by atoms with Crippen LogP contribution in [0.3, 0.4) is 0 Å². The van der Waals surface area contributed by atoms with Crippen molar-refractivity contribution >= 4 is 10.0 Å². The molecular weight excluding hydrogens is 358 g/mol. The van der Waals surface area contributed by atoms with E-state index in [-0.39, 0.29) is 17.4 Å². The maximum Gasteiger partial charge on any atom is 0.243 e. The topological polar surface area (TPSA) is 46.6 Å². The minimum atomic E-state index is -3.50. The van der Waals surface area contributed by atoms with Crippen molar-refractivity contribution in [2.24, 2.45) is 5.92 Å². The number of rotatable bonds is 3. The molecule has 4 nitrogen and oxygen atoms in total. The second-order valence-electron chi connectivity index (χ2n) is 8.18. The zero-order valence-corrected chi connectivity index (χ0v) is 17.2. The van der Waals surface area contributed by atoms with Crippen LogP contribution in [-0.4, -0.2) is 32.4 Å². The summed E-state index contributed by atoms with van der Waals surface area (Å²) in [5.41, 5.74) is 3.59. The molecule has 1 aliphatic carbocycles. The first-order valence-electron chi connectivity index (χ1n) is 9.53. The quantitative estimate of drug-likeness (QED) is 0.805. The monoisotopic (exact) mass is 385 g/mol. The van der Waals surface area contributed by atoms with Crippen molar-refractivity contribution in [2.75, 3.05) is 13.7 Å². The number of benzene rings is 2. The molecule has 27 heavy (non-hydrogen) atoms. The lowest BCUT2D eigenvalue weighted by molar-refractivity contribution is 0.0890. The Bertz CT molecular complexity index is 968. The van der Waals surface area contributed by atoms with Gasteiger partial charge in [0, 0.05) is 12.6 Å². The normalized spacial score (nSPS) is 27.9. The molecule has 0 N–H and O–H groups in total. The first kappa shape index (κ1) is 18.5. The van der Waals surface area contributed by atoms with Crippen molar-refractivity contribution in [3.63, 3.8) is 0 Å². The number of nitrogens with zero attached hydrogens (tertiary/aromatic N) is 1. The minimum absolute atomic E-state index is 0.0176. The maximum atomic E-state index is 13.4. The van der Waals surface area contributed by atoms with Gasteiger partial charge in [-0.1, -0.05) is 37.6 Å². The van der Waals surface area contributed by atoms with Gasteiger partial charge in [-0.05, 0) is 66.5 Å². The predicted molar refractivity (Wildman–Crippen MR) is 107 cm³/mol. The summed E-state index contributed by atoms with van der Waals surface area (Å²) in [5, 5.41) is 0. The van der Waals surface area contributed by atoms with Crippen LogP contribution >= 0.6 is 0 Å². The highest BCUT2D eigenvalue weighted by Crippen LogP contribution is 2.50. The molecule has 1 heterocycles. The molecule has 4 rings (SSSR count). The highest BCUT2D eigenvalue weighted by atomic mass is 32.2. The zero-order valence-electron chi connectivity index (χ0n) is 16.4. The van der Waals surface area contributed by atoms with Crippen LogP contribution in [0.2, 0.25) is 0 Å². The lowest BCUT2D eigenvalue weighted by Crippen LogP contribution is -2.59. The van der Waals surface area contributed by atoms with Crippen LogP contribution in [0.15, 0.2) is 47.4 Å². The van der Waals surface area contributed by atoms with Crippen molar-refractivity contribution in [1.29, 1.82) is 0 Å². The Morgan fingerprint density at radius 3 is 2.52 bits per heavy atom. The molecule has 0 aromatic heterocycles. The summed E-state index contributed by atoms with van der Waals surface area (Å²) in [6.45, 7) is 7.00. The average Bonchev–Trinajstić information content (AvgIpc) is 2.64.